The third-order valence-electron chi connectivity index (χ3n) is 3.70. The number of amides is 1. The second-order valence-corrected chi connectivity index (χ2v) is 5.05. The van der Waals surface area contributed by atoms with E-state index in [1.807, 2.05) is 15.9 Å². The minimum atomic E-state index is -0.212. The van der Waals surface area contributed by atoms with Gasteiger partial charge in [0.2, 0.25) is 5.91 Å². The third kappa shape index (κ3) is 3.04. The summed E-state index contributed by atoms with van der Waals surface area (Å²) in [6.07, 6.45) is 5.06. The first kappa shape index (κ1) is 13.6. The molecule has 2 heterocycles. The second kappa shape index (κ2) is 5.95. The molecule has 0 N–H and O–H groups in total. The number of halogens is 1. The molecule has 1 amide bonds. The Hall–Kier alpha value is -2.37. The van der Waals surface area contributed by atoms with E-state index in [2.05, 4.69) is 4.98 Å². The number of benzene rings is 1. The van der Waals surface area contributed by atoms with Gasteiger partial charge < -0.3 is 14.4 Å². The molecule has 110 valence electrons. The van der Waals surface area contributed by atoms with E-state index in [-0.39, 0.29) is 11.7 Å². The summed E-state index contributed by atoms with van der Waals surface area (Å²) in [4.78, 5) is 19.9. The fraction of sp³-hybridized carbons (Fsp3) is 0.333. The van der Waals surface area contributed by atoms with Gasteiger partial charge in [0.1, 0.15) is 12.4 Å². The Bertz CT molecular complexity index is 606. The van der Waals surface area contributed by atoms with Crippen LogP contribution >= 0.6 is 0 Å². The van der Waals surface area contributed by atoms with Crippen molar-refractivity contribution in [2.45, 2.75) is 6.54 Å². The van der Waals surface area contributed by atoms with Gasteiger partial charge in [0.05, 0.1) is 12.0 Å². The van der Waals surface area contributed by atoms with Crippen molar-refractivity contribution < 1.29 is 9.18 Å². The zero-order valence-corrected chi connectivity index (χ0v) is 11.7. The molecule has 1 aromatic carbocycles. The second-order valence-electron chi connectivity index (χ2n) is 5.05. The minimum Gasteiger partial charge on any atom is -0.366 e. The van der Waals surface area contributed by atoms with Crippen molar-refractivity contribution >= 4 is 11.6 Å². The molecule has 1 fully saturated rings. The first-order valence-electron chi connectivity index (χ1n) is 6.97. The fourth-order valence-corrected chi connectivity index (χ4v) is 2.54. The SMILES string of the molecule is O=C(Cn1ccnc1)N1CCN(c2ccccc2F)CC1. The Morgan fingerprint density at radius 1 is 1.19 bits per heavy atom. The number of carbonyl (C=O) groups is 1. The lowest BCUT2D eigenvalue weighted by molar-refractivity contribution is -0.132. The van der Waals surface area contributed by atoms with Gasteiger partial charge in [-0.3, -0.25) is 4.79 Å². The maximum atomic E-state index is 13.7. The molecule has 0 unspecified atom stereocenters. The van der Waals surface area contributed by atoms with Crippen molar-refractivity contribution in [3.63, 3.8) is 0 Å². The standard InChI is InChI=1S/C15H17FN4O/c16-13-3-1-2-4-14(13)19-7-9-20(10-8-19)15(21)11-18-6-5-17-12-18/h1-6,12H,7-11H2. The zero-order chi connectivity index (χ0) is 14.7. The number of para-hydroxylation sites is 1. The highest BCUT2D eigenvalue weighted by Gasteiger charge is 2.22. The van der Waals surface area contributed by atoms with Crippen LogP contribution in [0.1, 0.15) is 0 Å². The summed E-state index contributed by atoms with van der Waals surface area (Å²) in [7, 11) is 0. The van der Waals surface area contributed by atoms with Crippen LogP contribution in [0.3, 0.4) is 0 Å². The van der Waals surface area contributed by atoms with Crippen LogP contribution in [0.15, 0.2) is 43.0 Å². The topological polar surface area (TPSA) is 41.4 Å². The molecule has 0 aliphatic carbocycles. The number of anilines is 1. The molecule has 5 nitrogen and oxygen atoms in total. The molecule has 2 aromatic rings. The van der Waals surface area contributed by atoms with E-state index in [0.29, 0.717) is 38.4 Å². The highest BCUT2D eigenvalue weighted by molar-refractivity contribution is 5.76. The molecular formula is C15H17FN4O. The smallest absolute Gasteiger partial charge is 0.242 e. The first-order valence-corrected chi connectivity index (χ1v) is 6.97. The van der Waals surface area contributed by atoms with E-state index < -0.39 is 0 Å². The summed E-state index contributed by atoms with van der Waals surface area (Å²) in [6, 6.07) is 6.75. The Balaban J connectivity index is 1.58. The highest BCUT2D eigenvalue weighted by atomic mass is 19.1. The maximum Gasteiger partial charge on any atom is 0.242 e. The molecule has 0 spiro atoms. The number of aromatic nitrogens is 2. The minimum absolute atomic E-state index is 0.0705. The molecule has 0 atom stereocenters. The molecule has 21 heavy (non-hydrogen) atoms. The molecule has 3 rings (SSSR count). The Kier molecular flexibility index (Phi) is 3.85. The maximum absolute atomic E-state index is 13.7. The summed E-state index contributed by atoms with van der Waals surface area (Å²) in [5.41, 5.74) is 0.610. The number of piperazine rings is 1. The van der Waals surface area contributed by atoms with E-state index in [4.69, 9.17) is 0 Å². The van der Waals surface area contributed by atoms with Crippen molar-refractivity contribution in [1.82, 2.24) is 14.5 Å². The van der Waals surface area contributed by atoms with Crippen LogP contribution in [-0.4, -0.2) is 46.5 Å². The van der Waals surface area contributed by atoms with Gasteiger partial charge in [-0.05, 0) is 12.1 Å². The van der Waals surface area contributed by atoms with Gasteiger partial charge in [-0.1, -0.05) is 12.1 Å². The van der Waals surface area contributed by atoms with E-state index >= 15 is 0 Å². The Labute approximate surface area is 122 Å². The quantitative estimate of drug-likeness (QED) is 0.856. The van der Waals surface area contributed by atoms with Gasteiger partial charge in [-0.25, -0.2) is 9.37 Å². The van der Waals surface area contributed by atoms with Crippen molar-refractivity contribution in [3.8, 4) is 0 Å². The number of carbonyl (C=O) groups excluding carboxylic acids is 1. The van der Waals surface area contributed by atoms with E-state index in [1.165, 1.54) is 6.07 Å². The normalized spacial score (nSPS) is 15.3. The predicted octanol–water partition coefficient (Wildman–Crippen LogP) is 1.37. The van der Waals surface area contributed by atoms with Crippen molar-refractivity contribution in [2.75, 3.05) is 31.1 Å². The average Bonchev–Trinajstić information content (AvgIpc) is 3.01. The van der Waals surface area contributed by atoms with Crippen molar-refractivity contribution in [2.24, 2.45) is 0 Å². The van der Waals surface area contributed by atoms with Gasteiger partial charge in [0.25, 0.3) is 0 Å². The number of nitrogens with zero attached hydrogens (tertiary/aromatic N) is 4. The third-order valence-corrected chi connectivity index (χ3v) is 3.70. The van der Waals surface area contributed by atoms with Gasteiger partial charge in [-0.2, -0.15) is 0 Å². The molecule has 0 bridgehead atoms. The molecule has 1 aliphatic rings. The Morgan fingerprint density at radius 2 is 1.95 bits per heavy atom. The van der Waals surface area contributed by atoms with Crippen LogP contribution in [0, 0.1) is 5.82 Å². The molecule has 6 heteroatoms. The number of hydrogen-bond donors (Lipinski definition) is 0. The van der Waals surface area contributed by atoms with Gasteiger partial charge >= 0.3 is 0 Å². The van der Waals surface area contributed by atoms with Gasteiger partial charge in [0.15, 0.2) is 0 Å². The Morgan fingerprint density at radius 3 is 2.62 bits per heavy atom. The molecular weight excluding hydrogens is 271 g/mol. The molecule has 1 saturated heterocycles. The van der Waals surface area contributed by atoms with Crippen molar-refractivity contribution in [3.05, 3.63) is 48.8 Å². The predicted molar refractivity (Wildman–Crippen MR) is 77.4 cm³/mol. The first-order chi connectivity index (χ1) is 10.2. The van der Waals surface area contributed by atoms with Gasteiger partial charge in [0, 0.05) is 38.6 Å². The molecule has 0 saturated carbocycles. The molecule has 1 aliphatic heterocycles. The van der Waals surface area contributed by atoms with E-state index in [0.717, 1.165) is 0 Å². The van der Waals surface area contributed by atoms with Crippen LogP contribution in [0.4, 0.5) is 10.1 Å². The summed E-state index contributed by atoms with van der Waals surface area (Å²) in [5, 5.41) is 0. The fourth-order valence-electron chi connectivity index (χ4n) is 2.54. The van der Waals surface area contributed by atoms with Crippen molar-refractivity contribution in [1.29, 1.82) is 0 Å². The van der Waals surface area contributed by atoms with Gasteiger partial charge in [-0.15, -0.1) is 0 Å². The van der Waals surface area contributed by atoms with Crippen LogP contribution < -0.4 is 4.90 Å². The lowest BCUT2D eigenvalue weighted by atomic mass is 10.2. The van der Waals surface area contributed by atoms with Crippen LogP contribution in [-0.2, 0) is 11.3 Å². The van der Waals surface area contributed by atoms with Crippen LogP contribution in [0.25, 0.3) is 0 Å². The highest BCUT2D eigenvalue weighted by Crippen LogP contribution is 2.20. The monoisotopic (exact) mass is 288 g/mol. The number of imidazole rings is 1. The number of rotatable bonds is 3. The van der Waals surface area contributed by atoms with Crippen LogP contribution in [0.5, 0.6) is 0 Å². The zero-order valence-electron chi connectivity index (χ0n) is 11.7. The number of hydrogen-bond acceptors (Lipinski definition) is 3. The van der Waals surface area contributed by atoms with E-state index in [1.54, 1.807) is 35.4 Å². The molecule has 0 radical (unpaired) electrons. The summed E-state index contributed by atoms with van der Waals surface area (Å²) >= 11 is 0. The van der Waals surface area contributed by atoms with E-state index in [9.17, 15) is 9.18 Å². The van der Waals surface area contributed by atoms with Crippen LogP contribution in [0.2, 0.25) is 0 Å². The summed E-state index contributed by atoms with van der Waals surface area (Å²) < 4.78 is 15.5. The largest absolute Gasteiger partial charge is 0.366 e. The average molecular weight is 288 g/mol. The summed E-state index contributed by atoms with van der Waals surface area (Å²) in [5.74, 6) is -0.142. The summed E-state index contributed by atoms with van der Waals surface area (Å²) in [6.45, 7) is 2.83. The lowest BCUT2D eigenvalue weighted by Gasteiger charge is -2.36. The molecule has 1 aromatic heterocycles. The lowest BCUT2D eigenvalue weighted by Crippen LogP contribution is -2.49.